The second kappa shape index (κ2) is 7.20. The molecule has 0 aliphatic heterocycles. The standard InChI is InChI=1S/C12H18FN3O3S/c1-3-16-20(18,19)8-7-15-12(17)9-5-4-6-10(13)11(9)14-2/h4-6,14,16H,3,7-8H2,1-2H3,(H,15,17). The fourth-order valence-corrected chi connectivity index (χ4v) is 2.61. The number of hydrogen-bond acceptors (Lipinski definition) is 4. The summed E-state index contributed by atoms with van der Waals surface area (Å²) in [6.45, 7) is 1.92. The molecule has 8 heteroatoms. The van der Waals surface area contributed by atoms with Crippen LogP contribution < -0.4 is 15.4 Å². The molecule has 1 aromatic rings. The molecule has 0 radical (unpaired) electrons. The highest BCUT2D eigenvalue weighted by Gasteiger charge is 2.15. The van der Waals surface area contributed by atoms with Crippen molar-refractivity contribution in [3.05, 3.63) is 29.6 Å². The first-order valence-corrected chi connectivity index (χ1v) is 7.78. The Morgan fingerprint density at radius 1 is 1.35 bits per heavy atom. The van der Waals surface area contributed by atoms with Crippen LogP contribution in [-0.2, 0) is 10.0 Å². The van der Waals surface area contributed by atoms with Crippen LogP contribution in [0.4, 0.5) is 10.1 Å². The molecule has 3 N–H and O–H groups in total. The number of hydrogen-bond donors (Lipinski definition) is 3. The highest BCUT2D eigenvalue weighted by atomic mass is 32.2. The van der Waals surface area contributed by atoms with Crippen molar-refractivity contribution in [2.24, 2.45) is 0 Å². The Hall–Kier alpha value is -1.67. The first-order valence-electron chi connectivity index (χ1n) is 6.13. The molecule has 0 bridgehead atoms. The van der Waals surface area contributed by atoms with Crippen LogP contribution in [0.5, 0.6) is 0 Å². The molecule has 20 heavy (non-hydrogen) atoms. The van der Waals surface area contributed by atoms with Gasteiger partial charge in [-0.1, -0.05) is 13.0 Å². The van der Waals surface area contributed by atoms with Crippen LogP contribution in [0.15, 0.2) is 18.2 Å². The first-order chi connectivity index (χ1) is 9.41. The molecule has 0 aliphatic rings. The monoisotopic (exact) mass is 303 g/mol. The third-order valence-corrected chi connectivity index (χ3v) is 4.00. The van der Waals surface area contributed by atoms with E-state index in [2.05, 4.69) is 15.4 Å². The Morgan fingerprint density at radius 2 is 2.05 bits per heavy atom. The second-order valence-electron chi connectivity index (χ2n) is 3.99. The fourth-order valence-electron chi connectivity index (χ4n) is 1.65. The molecule has 0 atom stereocenters. The minimum Gasteiger partial charge on any atom is -0.385 e. The number of nitrogens with one attached hydrogen (secondary N) is 3. The summed E-state index contributed by atoms with van der Waals surface area (Å²) in [5.41, 5.74) is 0.216. The summed E-state index contributed by atoms with van der Waals surface area (Å²) < 4.78 is 38.6. The van der Waals surface area contributed by atoms with Crippen molar-refractivity contribution in [3.8, 4) is 0 Å². The lowest BCUT2D eigenvalue weighted by Gasteiger charge is -2.10. The number of anilines is 1. The number of carbonyl (C=O) groups excluding carboxylic acids is 1. The van der Waals surface area contributed by atoms with E-state index in [0.717, 1.165) is 0 Å². The molecule has 1 amide bonds. The van der Waals surface area contributed by atoms with Gasteiger partial charge in [-0.05, 0) is 12.1 Å². The van der Waals surface area contributed by atoms with Crippen molar-refractivity contribution >= 4 is 21.6 Å². The Labute approximate surface area is 117 Å². The van der Waals surface area contributed by atoms with E-state index in [1.165, 1.54) is 25.2 Å². The maximum atomic E-state index is 13.5. The maximum Gasteiger partial charge on any atom is 0.253 e. The average Bonchev–Trinajstić information content (AvgIpc) is 2.37. The molecule has 0 aromatic heterocycles. The molecule has 112 valence electrons. The van der Waals surface area contributed by atoms with Gasteiger partial charge in [0.05, 0.1) is 17.0 Å². The van der Waals surface area contributed by atoms with Crippen molar-refractivity contribution < 1.29 is 17.6 Å². The third-order valence-electron chi connectivity index (χ3n) is 2.53. The van der Waals surface area contributed by atoms with Crippen LogP contribution >= 0.6 is 0 Å². The van der Waals surface area contributed by atoms with Gasteiger partial charge in [0.2, 0.25) is 10.0 Å². The van der Waals surface area contributed by atoms with E-state index in [1.54, 1.807) is 6.92 Å². The van der Waals surface area contributed by atoms with E-state index in [9.17, 15) is 17.6 Å². The van der Waals surface area contributed by atoms with E-state index in [-0.39, 0.29) is 23.5 Å². The van der Waals surface area contributed by atoms with Gasteiger partial charge in [-0.25, -0.2) is 17.5 Å². The Balaban J connectivity index is 2.67. The lowest BCUT2D eigenvalue weighted by molar-refractivity contribution is 0.0956. The van der Waals surface area contributed by atoms with E-state index >= 15 is 0 Å². The topological polar surface area (TPSA) is 87.3 Å². The summed E-state index contributed by atoms with van der Waals surface area (Å²) >= 11 is 0. The smallest absolute Gasteiger partial charge is 0.253 e. The van der Waals surface area contributed by atoms with Gasteiger partial charge in [0.1, 0.15) is 5.82 Å². The zero-order chi connectivity index (χ0) is 15.2. The van der Waals surface area contributed by atoms with E-state index in [1.807, 2.05) is 0 Å². The molecule has 0 saturated carbocycles. The van der Waals surface area contributed by atoms with E-state index in [0.29, 0.717) is 6.54 Å². The normalized spacial score (nSPS) is 11.2. The maximum absolute atomic E-state index is 13.5. The zero-order valence-corrected chi connectivity index (χ0v) is 12.2. The SMILES string of the molecule is CCNS(=O)(=O)CCNC(=O)c1cccc(F)c1NC. The summed E-state index contributed by atoms with van der Waals surface area (Å²) in [6.07, 6.45) is 0. The summed E-state index contributed by atoms with van der Waals surface area (Å²) in [7, 11) is -1.88. The van der Waals surface area contributed by atoms with Gasteiger partial charge in [-0.15, -0.1) is 0 Å². The summed E-state index contributed by atoms with van der Waals surface area (Å²) in [5, 5.41) is 5.06. The Kier molecular flexibility index (Phi) is 5.90. The molecule has 1 aromatic carbocycles. The lowest BCUT2D eigenvalue weighted by atomic mass is 10.1. The van der Waals surface area contributed by atoms with E-state index < -0.39 is 21.7 Å². The number of halogens is 1. The van der Waals surface area contributed by atoms with Gasteiger partial charge in [0.25, 0.3) is 5.91 Å². The predicted molar refractivity (Wildman–Crippen MR) is 75.7 cm³/mol. The van der Waals surface area contributed by atoms with Crippen molar-refractivity contribution in [2.45, 2.75) is 6.92 Å². The predicted octanol–water partition coefficient (Wildman–Crippen LogP) is 0.536. The van der Waals surface area contributed by atoms with Crippen LogP contribution in [0.25, 0.3) is 0 Å². The highest BCUT2D eigenvalue weighted by Crippen LogP contribution is 2.18. The second-order valence-corrected chi connectivity index (χ2v) is 5.91. The van der Waals surface area contributed by atoms with Crippen molar-refractivity contribution in [1.29, 1.82) is 0 Å². The minimum atomic E-state index is -3.39. The molecular formula is C12H18FN3O3S. The molecule has 0 heterocycles. The molecule has 6 nitrogen and oxygen atoms in total. The summed E-state index contributed by atoms with van der Waals surface area (Å²) in [6, 6.07) is 4.11. The number of benzene rings is 1. The number of para-hydroxylation sites is 1. The van der Waals surface area contributed by atoms with Gasteiger partial charge in [-0.2, -0.15) is 0 Å². The van der Waals surface area contributed by atoms with Crippen molar-refractivity contribution in [1.82, 2.24) is 10.0 Å². The molecule has 0 fully saturated rings. The number of carbonyl (C=O) groups is 1. The molecule has 0 unspecified atom stereocenters. The lowest BCUT2D eigenvalue weighted by Crippen LogP contribution is -2.34. The number of sulfonamides is 1. The molecule has 1 rings (SSSR count). The van der Waals surface area contributed by atoms with Gasteiger partial charge >= 0.3 is 0 Å². The average molecular weight is 303 g/mol. The van der Waals surface area contributed by atoms with Crippen LogP contribution in [0.3, 0.4) is 0 Å². The highest BCUT2D eigenvalue weighted by molar-refractivity contribution is 7.89. The van der Waals surface area contributed by atoms with Crippen LogP contribution in [-0.4, -0.2) is 40.2 Å². The largest absolute Gasteiger partial charge is 0.385 e. The van der Waals surface area contributed by atoms with Crippen molar-refractivity contribution in [2.75, 3.05) is 31.2 Å². The minimum absolute atomic E-state index is 0.0478. The zero-order valence-electron chi connectivity index (χ0n) is 11.4. The molecule has 0 aliphatic carbocycles. The Morgan fingerprint density at radius 3 is 2.65 bits per heavy atom. The van der Waals surface area contributed by atoms with Gasteiger partial charge in [0, 0.05) is 20.1 Å². The third kappa shape index (κ3) is 4.46. The number of amides is 1. The molecule has 0 saturated heterocycles. The fraction of sp³-hybridized carbons (Fsp3) is 0.417. The van der Waals surface area contributed by atoms with Gasteiger partial charge < -0.3 is 10.6 Å². The van der Waals surface area contributed by atoms with Gasteiger partial charge in [0.15, 0.2) is 0 Å². The molecular weight excluding hydrogens is 285 g/mol. The molecule has 0 spiro atoms. The first kappa shape index (κ1) is 16.4. The summed E-state index contributed by atoms with van der Waals surface area (Å²) in [4.78, 5) is 11.9. The van der Waals surface area contributed by atoms with Crippen LogP contribution in [0.1, 0.15) is 17.3 Å². The summed E-state index contributed by atoms with van der Waals surface area (Å²) in [5.74, 6) is -1.29. The quantitative estimate of drug-likeness (QED) is 0.686. The van der Waals surface area contributed by atoms with Crippen LogP contribution in [0.2, 0.25) is 0 Å². The van der Waals surface area contributed by atoms with Gasteiger partial charge in [-0.3, -0.25) is 4.79 Å². The number of rotatable bonds is 7. The van der Waals surface area contributed by atoms with Crippen LogP contribution in [0, 0.1) is 5.82 Å². The Bertz CT molecular complexity index is 575. The van der Waals surface area contributed by atoms with Crippen molar-refractivity contribution in [3.63, 3.8) is 0 Å². The van der Waals surface area contributed by atoms with E-state index in [4.69, 9.17) is 0 Å².